The Morgan fingerprint density at radius 3 is 2.30 bits per heavy atom. The molecule has 0 aliphatic heterocycles. The van der Waals surface area contributed by atoms with E-state index in [4.69, 9.17) is 22.1 Å². The van der Waals surface area contributed by atoms with Crippen LogP contribution in [-0.4, -0.2) is 13.5 Å². The molecule has 30 heavy (non-hydrogen) atoms. The number of phenolic OH excluding ortho intramolecular Hbond substituents is 1. The lowest BCUT2D eigenvalue weighted by atomic mass is 9.99. The lowest BCUT2D eigenvalue weighted by Crippen LogP contribution is -2.14. The number of phenols is 1. The van der Waals surface area contributed by atoms with Crippen LogP contribution in [0.2, 0.25) is 5.02 Å². The summed E-state index contributed by atoms with van der Waals surface area (Å²) in [5.74, 6) is 0.409. The van der Waals surface area contributed by atoms with Crippen molar-refractivity contribution in [3.8, 4) is 17.2 Å². The van der Waals surface area contributed by atoms with E-state index in [1.165, 1.54) is 44.2 Å². The largest absolute Gasteiger partial charge is 0.507 e. The first-order chi connectivity index (χ1) is 14.0. The van der Waals surface area contributed by atoms with Crippen LogP contribution in [0.4, 0.5) is 15.8 Å². The molecule has 0 atom stereocenters. The molecule has 6 nitrogen and oxygen atoms in total. The van der Waals surface area contributed by atoms with Crippen LogP contribution in [0.1, 0.15) is 19.4 Å². The van der Waals surface area contributed by atoms with Crippen LogP contribution < -0.4 is 15.2 Å². The van der Waals surface area contributed by atoms with E-state index in [9.17, 15) is 17.9 Å². The number of ether oxygens (including phenoxy) is 1. The predicted molar refractivity (Wildman–Crippen MR) is 115 cm³/mol. The van der Waals surface area contributed by atoms with Crippen LogP contribution in [-0.2, 0) is 15.7 Å². The zero-order valence-corrected chi connectivity index (χ0v) is 17.8. The maximum atomic E-state index is 14.0. The van der Waals surface area contributed by atoms with Gasteiger partial charge in [0.05, 0.1) is 15.6 Å². The van der Waals surface area contributed by atoms with Crippen molar-refractivity contribution in [2.75, 3.05) is 10.5 Å². The molecule has 3 rings (SSSR count). The van der Waals surface area contributed by atoms with Crippen molar-refractivity contribution in [1.82, 2.24) is 0 Å². The van der Waals surface area contributed by atoms with E-state index in [1.54, 1.807) is 24.3 Å². The first kappa shape index (κ1) is 21.7. The first-order valence-electron chi connectivity index (χ1n) is 8.84. The minimum atomic E-state index is -4.01. The van der Waals surface area contributed by atoms with Crippen molar-refractivity contribution in [2.45, 2.75) is 24.4 Å². The zero-order valence-electron chi connectivity index (χ0n) is 16.2. The van der Waals surface area contributed by atoms with E-state index in [1.807, 2.05) is 0 Å². The number of nitrogens with one attached hydrogen (secondary N) is 1. The molecule has 0 saturated heterocycles. The summed E-state index contributed by atoms with van der Waals surface area (Å²) in [5, 5.41) is 10.1. The Morgan fingerprint density at radius 2 is 1.73 bits per heavy atom. The van der Waals surface area contributed by atoms with Crippen molar-refractivity contribution < 1.29 is 22.7 Å². The molecular formula is C21H20ClFN2O4S. The number of anilines is 2. The molecule has 158 valence electrons. The fourth-order valence-corrected chi connectivity index (χ4v) is 4.07. The first-order valence-corrected chi connectivity index (χ1v) is 10.7. The summed E-state index contributed by atoms with van der Waals surface area (Å²) in [7, 11) is -4.01. The fraction of sp³-hybridized carbons (Fsp3) is 0.143. The fourth-order valence-electron chi connectivity index (χ4n) is 2.71. The molecule has 0 spiro atoms. The van der Waals surface area contributed by atoms with Gasteiger partial charge in [-0.05, 0) is 62.4 Å². The number of aromatic hydroxyl groups is 1. The Balaban J connectivity index is 1.82. The highest BCUT2D eigenvalue weighted by Crippen LogP contribution is 2.35. The summed E-state index contributed by atoms with van der Waals surface area (Å²) >= 11 is 6.19. The van der Waals surface area contributed by atoms with Crippen LogP contribution in [0.25, 0.3) is 0 Å². The number of alkyl halides is 1. The van der Waals surface area contributed by atoms with Gasteiger partial charge in [0.25, 0.3) is 10.0 Å². The second-order valence-electron chi connectivity index (χ2n) is 7.07. The smallest absolute Gasteiger partial charge is 0.261 e. The van der Waals surface area contributed by atoms with E-state index in [0.717, 1.165) is 6.07 Å². The Hall–Kier alpha value is -2.97. The maximum Gasteiger partial charge on any atom is 0.261 e. The Kier molecular flexibility index (Phi) is 5.83. The van der Waals surface area contributed by atoms with Gasteiger partial charge in [-0.1, -0.05) is 17.7 Å². The van der Waals surface area contributed by atoms with Crippen molar-refractivity contribution in [2.24, 2.45) is 0 Å². The molecule has 0 aliphatic carbocycles. The molecule has 0 aliphatic rings. The van der Waals surface area contributed by atoms with Gasteiger partial charge in [-0.25, -0.2) is 12.8 Å². The molecule has 0 aromatic heterocycles. The molecule has 0 saturated carbocycles. The lowest BCUT2D eigenvalue weighted by molar-refractivity contribution is 0.215. The Bertz CT molecular complexity index is 1180. The molecule has 0 heterocycles. The van der Waals surface area contributed by atoms with Gasteiger partial charge in [0, 0.05) is 17.3 Å². The van der Waals surface area contributed by atoms with Crippen molar-refractivity contribution >= 4 is 33.0 Å². The number of nitrogens with two attached hydrogens (primary N) is 1. The van der Waals surface area contributed by atoms with Gasteiger partial charge in [-0.15, -0.1) is 0 Å². The monoisotopic (exact) mass is 450 g/mol. The average molecular weight is 451 g/mol. The van der Waals surface area contributed by atoms with Crippen LogP contribution in [0.15, 0.2) is 65.6 Å². The van der Waals surface area contributed by atoms with Crippen molar-refractivity contribution in [3.05, 3.63) is 71.2 Å². The summed E-state index contributed by atoms with van der Waals surface area (Å²) in [6, 6.07) is 14.5. The highest BCUT2D eigenvalue weighted by Gasteiger charge is 2.24. The standard InChI is InChI=1S/C21H20ClFN2O4S/c1-21(2,23)17-9-5-14(11-19(17)26)25-30(27,28)16-8-10-20(18(22)12-16)29-15-6-3-13(24)4-7-15/h3-12,25-26H,24H2,1-2H3. The number of halogens is 2. The number of nitrogen functional groups attached to an aromatic ring is 1. The molecule has 4 N–H and O–H groups in total. The van der Waals surface area contributed by atoms with E-state index in [2.05, 4.69) is 4.72 Å². The highest BCUT2D eigenvalue weighted by atomic mass is 35.5. The third kappa shape index (κ3) is 4.95. The molecule has 3 aromatic rings. The van der Waals surface area contributed by atoms with E-state index < -0.39 is 15.7 Å². The number of sulfonamides is 1. The molecule has 0 bridgehead atoms. The third-order valence-corrected chi connectivity index (χ3v) is 5.89. The molecule has 0 fully saturated rings. The second-order valence-corrected chi connectivity index (χ2v) is 9.16. The van der Waals surface area contributed by atoms with Gasteiger partial charge in [-0.2, -0.15) is 0 Å². The summed E-state index contributed by atoms with van der Waals surface area (Å²) < 4.78 is 47.4. The van der Waals surface area contributed by atoms with E-state index in [-0.39, 0.29) is 32.7 Å². The molecule has 0 radical (unpaired) electrons. The Labute approximate surface area is 179 Å². The number of rotatable bonds is 6. The van der Waals surface area contributed by atoms with Gasteiger partial charge >= 0.3 is 0 Å². The van der Waals surface area contributed by atoms with Gasteiger partial charge < -0.3 is 15.6 Å². The van der Waals surface area contributed by atoms with Crippen LogP contribution in [0, 0.1) is 0 Å². The lowest BCUT2D eigenvalue weighted by Gasteiger charge is -2.17. The van der Waals surface area contributed by atoms with Crippen LogP contribution in [0.3, 0.4) is 0 Å². The van der Waals surface area contributed by atoms with Crippen LogP contribution >= 0.6 is 11.6 Å². The van der Waals surface area contributed by atoms with E-state index in [0.29, 0.717) is 11.4 Å². The minimum absolute atomic E-state index is 0.0534. The number of benzene rings is 3. The van der Waals surface area contributed by atoms with Crippen LogP contribution in [0.5, 0.6) is 17.2 Å². The number of hydrogen-bond acceptors (Lipinski definition) is 5. The highest BCUT2D eigenvalue weighted by molar-refractivity contribution is 7.92. The maximum absolute atomic E-state index is 14.0. The second kappa shape index (κ2) is 8.04. The van der Waals surface area contributed by atoms with Gasteiger partial charge in [-0.3, -0.25) is 4.72 Å². The van der Waals surface area contributed by atoms with Gasteiger partial charge in [0.2, 0.25) is 0 Å². The van der Waals surface area contributed by atoms with E-state index >= 15 is 0 Å². The summed E-state index contributed by atoms with van der Waals surface area (Å²) in [5.41, 5.74) is 4.58. The minimum Gasteiger partial charge on any atom is -0.507 e. The zero-order chi connectivity index (χ0) is 22.1. The topological polar surface area (TPSA) is 102 Å². The number of hydrogen-bond donors (Lipinski definition) is 3. The predicted octanol–water partition coefficient (Wildman–Crippen LogP) is 5.43. The molecule has 0 unspecified atom stereocenters. The normalized spacial score (nSPS) is 11.9. The quantitative estimate of drug-likeness (QED) is 0.435. The summed E-state index contributed by atoms with van der Waals surface area (Å²) in [6.45, 7) is 2.59. The average Bonchev–Trinajstić information content (AvgIpc) is 2.63. The molecule has 9 heteroatoms. The Morgan fingerprint density at radius 1 is 1.07 bits per heavy atom. The van der Waals surface area contributed by atoms with Crippen molar-refractivity contribution in [3.63, 3.8) is 0 Å². The van der Waals surface area contributed by atoms with Crippen molar-refractivity contribution in [1.29, 1.82) is 0 Å². The SMILES string of the molecule is CC(C)(F)c1ccc(NS(=O)(=O)c2ccc(Oc3ccc(N)cc3)c(Cl)c2)cc1O. The summed E-state index contributed by atoms with van der Waals surface area (Å²) in [6.07, 6.45) is 0. The summed E-state index contributed by atoms with van der Waals surface area (Å²) in [4.78, 5) is -0.105. The van der Waals surface area contributed by atoms with Gasteiger partial charge in [0.1, 0.15) is 22.9 Å². The molecule has 3 aromatic carbocycles. The van der Waals surface area contributed by atoms with Gasteiger partial charge in [0.15, 0.2) is 0 Å². The molecule has 0 amide bonds. The molecular weight excluding hydrogens is 431 g/mol. The third-order valence-electron chi connectivity index (χ3n) is 4.21.